The predicted octanol–water partition coefficient (Wildman–Crippen LogP) is 2.37. The van der Waals surface area contributed by atoms with Crippen LogP contribution in [-0.2, 0) is 9.59 Å². The Labute approximate surface area is 106 Å². The van der Waals surface area contributed by atoms with Crippen LogP contribution >= 0.6 is 23.1 Å². The lowest BCUT2D eigenvalue weighted by molar-refractivity contribution is -0.127. The fourth-order valence-electron chi connectivity index (χ4n) is 1.37. The van der Waals surface area contributed by atoms with Crippen LogP contribution in [0.2, 0.25) is 0 Å². The van der Waals surface area contributed by atoms with Crippen molar-refractivity contribution in [3.8, 4) is 0 Å². The molecule has 1 aromatic heterocycles. The van der Waals surface area contributed by atoms with E-state index < -0.39 is 0 Å². The van der Waals surface area contributed by atoms with Gasteiger partial charge in [-0.15, -0.1) is 0 Å². The van der Waals surface area contributed by atoms with Gasteiger partial charge >= 0.3 is 0 Å². The number of rotatable bonds is 3. The highest BCUT2D eigenvalue weighted by Crippen LogP contribution is 2.32. The molecule has 17 heavy (non-hydrogen) atoms. The van der Waals surface area contributed by atoms with E-state index in [4.69, 9.17) is 0 Å². The maximum atomic E-state index is 11.8. The fourth-order valence-corrected chi connectivity index (χ4v) is 2.82. The van der Waals surface area contributed by atoms with Gasteiger partial charge in [-0.25, -0.2) is 0 Å². The van der Waals surface area contributed by atoms with Crippen molar-refractivity contribution in [2.24, 2.45) is 0 Å². The van der Waals surface area contributed by atoms with Gasteiger partial charge in [0.25, 0.3) is 11.1 Å². The van der Waals surface area contributed by atoms with E-state index in [0.717, 1.165) is 22.2 Å². The van der Waals surface area contributed by atoms with E-state index >= 15 is 0 Å². The van der Waals surface area contributed by atoms with Gasteiger partial charge in [0.2, 0.25) is 0 Å². The topological polar surface area (TPSA) is 54.5 Å². The summed E-state index contributed by atoms with van der Waals surface area (Å²) in [6.45, 7) is 1.21. The van der Waals surface area contributed by atoms with Gasteiger partial charge in [-0.2, -0.15) is 11.3 Å². The quantitative estimate of drug-likeness (QED) is 0.789. The highest BCUT2D eigenvalue weighted by Gasteiger charge is 2.35. The zero-order valence-electron chi connectivity index (χ0n) is 9.00. The third-order valence-corrected chi connectivity index (χ3v) is 3.70. The molecule has 1 saturated heterocycles. The van der Waals surface area contributed by atoms with Gasteiger partial charge in [-0.1, -0.05) is 0 Å². The molecule has 0 bridgehead atoms. The van der Waals surface area contributed by atoms with Gasteiger partial charge in [0.1, 0.15) is 5.78 Å². The van der Waals surface area contributed by atoms with Crippen molar-refractivity contribution in [1.82, 2.24) is 4.90 Å². The average Bonchev–Trinajstić information content (AvgIpc) is 2.83. The summed E-state index contributed by atoms with van der Waals surface area (Å²) < 4.78 is 0. The van der Waals surface area contributed by atoms with Gasteiger partial charge in [0.05, 0.1) is 11.4 Å². The molecule has 0 unspecified atom stereocenters. The maximum absolute atomic E-state index is 11.8. The summed E-state index contributed by atoms with van der Waals surface area (Å²) in [7, 11) is 0. The Morgan fingerprint density at radius 2 is 2.24 bits per heavy atom. The molecule has 1 fully saturated rings. The summed E-state index contributed by atoms with van der Waals surface area (Å²) in [6.07, 6.45) is 1.67. The van der Waals surface area contributed by atoms with E-state index in [0.29, 0.717) is 4.91 Å². The summed E-state index contributed by atoms with van der Waals surface area (Å²) in [5.74, 6) is -0.592. The van der Waals surface area contributed by atoms with E-state index in [2.05, 4.69) is 0 Å². The smallest absolute Gasteiger partial charge is 0.293 e. The van der Waals surface area contributed by atoms with Gasteiger partial charge < -0.3 is 0 Å². The lowest BCUT2D eigenvalue weighted by Crippen LogP contribution is -2.32. The molecule has 2 amide bonds. The van der Waals surface area contributed by atoms with Crippen molar-refractivity contribution >= 4 is 46.1 Å². The molecule has 4 nitrogen and oxygen atoms in total. The van der Waals surface area contributed by atoms with Crippen molar-refractivity contribution in [3.05, 3.63) is 27.3 Å². The van der Waals surface area contributed by atoms with Crippen molar-refractivity contribution in [1.29, 1.82) is 0 Å². The van der Waals surface area contributed by atoms with Gasteiger partial charge in [0, 0.05) is 0 Å². The minimum absolute atomic E-state index is 0.147. The van der Waals surface area contributed by atoms with E-state index in [-0.39, 0.29) is 23.5 Å². The second-order valence-corrected chi connectivity index (χ2v) is 5.30. The number of ketones is 1. The highest BCUT2D eigenvalue weighted by atomic mass is 32.2. The standard InChI is InChI=1S/C11H9NO3S2/c1-7(13)5-12-10(14)9(17-11(12)15)4-8-2-3-16-6-8/h2-4,6H,5H2,1H3/b9-4-. The normalized spacial score (nSPS) is 18.2. The second kappa shape index (κ2) is 4.85. The summed E-state index contributed by atoms with van der Waals surface area (Å²) in [5.41, 5.74) is 0.892. The molecule has 0 N–H and O–H groups in total. The molecule has 2 rings (SSSR count). The highest BCUT2D eigenvalue weighted by molar-refractivity contribution is 8.18. The SMILES string of the molecule is CC(=O)CN1C(=O)S/C(=C\c2ccsc2)C1=O. The Balaban J connectivity index is 2.21. The molecule has 6 heteroatoms. The van der Waals surface area contributed by atoms with Crippen molar-refractivity contribution in [2.75, 3.05) is 6.54 Å². The molecule has 88 valence electrons. The molecular formula is C11H9NO3S2. The number of thiophene rings is 1. The lowest BCUT2D eigenvalue weighted by atomic mass is 10.3. The summed E-state index contributed by atoms with van der Waals surface area (Å²) >= 11 is 2.39. The van der Waals surface area contributed by atoms with E-state index in [1.54, 1.807) is 6.08 Å². The summed E-state index contributed by atoms with van der Waals surface area (Å²) in [5, 5.41) is 3.40. The Hall–Kier alpha value is -1.40. The molecular weight excluding hydrogens is 258 g/mol. The third-order valence-electron chi connectivity index (χ3n) is 2.10. The lowest BCUT2D eigenvalue weighted by Gasteiger charge is -2.08. The molecule has 1 aliphatic rings. The minimum Gasteiger partial charge on any atom is -0.298 e. The molecule has 1 aromatic rings. The van der Waals surface area contributed by atoms with Crippen LogP contribution in [0.15, 0.2) is 21.7 Å². The number of hydrogen-bond donors (Lipinski definition) is 0. The Bertz CT molecular complexity index is 505. The zero-order valence-corrected chi connectivity index (χ0v) is 10.6. The summed E-state index contributed by atoms with van der Waals surface area (Å²) in [6, 6.07) is 1.86. The first kappa shape index (κ1) is 12.1. The van der Waals surface area contributed by atoms with Crippen LogP contribution < -0.4 is 0 Å². The molecule has 0 atom stereocenters. The average molecular weight is 267 g/mol. The van der Waals surface area contributed by atoms with Gasteiger partial charge in [0.15, 0.2) is 0 Å². The number of amides is 2. The Morgan fingerprint density at radius 1 is 1.47 bits per heavy atom. The molecule has 0 spiro atoms. The molecule has 2 heterocycles. The fraction of sp³-hybridized carbons (Fsp3) is 0.182. The number of thioether (sulfide) groups is 1. The van der Waals surface area contributed by atoms with E-state index in [9.17, 15) is 14.4 Å². The predicted molar refractivity (Wildman–Crippen MR) is 67.7 cm³/mol. The van der Waals surface area contributed by atoms with E-state index in [1.165, 1.54) is 18.3 Å². The van der Waals surface area contributed by atoms with Gasteiger partial charge in [-0.05, 0) is 47.2 Å². The van der Waals surface area contributed by atoms with Gasteiger partial charge in [-0.3, -0.25) is 19.3 Å². The number of carbonyl (C=O) groups is 3. The first-order valence-corrected chi connectivity index (χ1v) is 6.61. The van der Waals surface area contributed by atoms with Crippen molar-refractivity contribution in [2.45, 2.75) is 6.92 Å². The maximum Gasteiger partial charge on any atom is 0.293 e. The van der Waals surface area contributed by atoms with Crippen molar-refractivity contribution in [3.63, 3.8) is 0 Å². The Morgan fingerprint density at radius 3 is 2.82 bits per heavy atom. The van der Waals surface area contributed by atoms with Crippen LogP contribution in [0.4, 0.5) is 4.79 Å². The zero-order chi connectivity index (χ0) is 12.4. The molecule has 0 aromatic carbocycles. The monoisotopic (exact) mass is 267 g/mol. The van der Waals surface area contributed by atoms with Crippen molar-refractivity contribution < 1.29 is 14.4 Å². The number of nitrogens with zero attached hydrogens (tertiary/aromatic N) is 1. The summed E-state index contributed by atoms with van der Waals surface area (Å²) in [4.78, 5) is 35.7. The molecule has 1 aliphatic heterocycles. The van der Waals surface area contributed by atoms with Crippen LogP contribution in [0, 0.1) is 0 Å². The molecule has 0 aliphatic carbocycles. The number of carbonyl (C=O) groups excluding carboxylic acids is 3. The van der Waals surface area contributed by atoms with Crippen LogP contribution in [0.1, 0.15) is 12.5 Å². The Kier molecular flexibility index (Phi) is 3.44. The molecule has 0 radical (unpaired) electrons. The van der Waals surface area contributed by atoms with Crippen LogP contribution in [-0.4, -0.2) is 28.4 Å². The number of hydrogen-bond acceptors (Lipinski definition) is 5. The number of imide groups is 1. The second-order valence-electron chi connectivity index (χ2n) is 3.53. The largest absolute Gasteiger partial charge is 0.298 e. The third kappa shape index (κ3) is 2.65. The van der Waals surface area contributed by atoms with Crippen LogP contribution in [0.25, 0.3) is 6.08 Å². The van der Waals surface area contributed by atoms with Crippen LogP contribution in [0.5, 0.6) is 0 Å². The number of Topliss-reactive ketones (excluding diaryl/α,β-unsaturated/α-hetero) is 1. The molecule has 0 saturated carbocycles. The van der Waals surface area contributed by atoms with E-state index in [1.807, 2.05) is 16.8 Å². The van der Waals surface area contributed by atoms with Crippen LogP contribution in [0.3, 0.4) is 0 Å². The first-order valence-electron chi connectivity index (χ1n) is 4.85. The first-order chi connectivity index (χ1) is 8.08. The minimum atomic E-state index is -0.388.